The molecule has 1 unspecified atom stereocenters. The van der Waals surface area contributed by atoms with Gasteiger partial charge in [0.15, 0.2) is 0 Å². The van der Waals surface area contributed by atoms with Gasteiger partial charge in [0.1, 0.15) is 0 Å². The molecular weight excluding hydrogens is 212 g/mol. The van der Waals surface area contributed by atoms with Crippen molar-refractivity contribution in [2.45, 2.75) is 13.0 Å². The van der Waals surface area contributed by atoms with Crippen molar-refractivity contribution in [1.82, 2.24) is 9.80 Å². The van der Waals surface area contributed by atoms with Crippen LogP contribution < -0.4 is 11.5 Å². The number of carbonyl (C=O) groups is 3. The van der Waals surface area contributed by atoms with Crippen LogP contribution in [0, 0.1) is 0 Å². The normalized spacial score (nSPS) is 22.2. The quantitative estimate of drug-likeness (QED) is 0.553. The molecular formula is C9H16N4O3. The number of hydrogen-bond donors (Lipinski definition) is 2. The summed E-state index contributed by atoms with van der Waals surface area (Å²) in [6.07, 6.45) is 0. The zero-order valence-electron chi connectivity index (χ0n) is 9.18. The fourth-order valence-corrected chi connectivity index (χ4v) is 1.82. The molecule has 0 aromatic carbocycles. The van der Waals surface area contributed by atoms with Gasteiger partial charge in [-0.25, -0.2) is 0 Å². The summed E-state index contributed by atoms with van der Waals surface area (Å²) < 4.78 is 0. The molecule has 7 heteroatoms. The first-order valence-corrected chi connectivity index (χ1v) is 4.98. The third kappa shape index (κ3) is 3.20. The standard InChI is InChI=1S/C9H16N4O3/c1-6-2-12(3-7(10)14)5-9(16)13(6)4-8(11)15/h6H,2-5H2,1H3,(H2,10,14)(H2,11,15). The van der Waals surface area contributed by atoms with E-state index in [0.717, 1.165) is 0 Å². The molecule has 1 aliphatic heterocycles. The monoisotopic (exact) mass is 228 g/mol. The average molecular weight is 228 g/mol. The molecule has 0 aromatic heterocycles. The van der Waals surface area contributed by atoms with Crippen LogP contribution in [0.1, 0.15) is 6.92 Å². The van der Waals surface area contributed by atoms with Gasteiger partial charge in [-0.3, -0.25) is 19.3 Å². The Balaban J connectivity index is 2.60. The molecule has 1 heterocycles. The molecule has 1 saturated heterocycles. The first kappa shape index (κ1) is 12.4. The van der Waals surface area contributed by atoms with Crippen LogP contribution in [-0.2, 0) is 14.4 Å². The fourth-order valence-electron chi connectivity index (χ4n) is 1.82. The average Bonchev–Trinajstić information content (AvgIpc) is 2.10. The van der Waals surface area contributed by atoms with Gasteiger partial charge in [0.2, 0.25) is 17.7 Å². The molecule has 3 amide bonds. The van der Waals surface area contributed by atoms with Crippen LogP contribution in [0.4, 0.5) is 0 Å². The van der Waals surface area contributed by atoms with Gasteiger partial charge in [0.05, 0.1) is 19.6 Å². The van der Waals surface area contributed by atoms with Gasteiger partial charge in [-0.05, 0) is 6.92 Å². The Morgan fingerprint density at radius 3 is 2.31 bits per heavy atom. The number of hydrogen-bond acceptors (Lipinski definition) is 4. The molecule has 0 radical (unpaired) electrons. The summed E-state index contributed by atoms with van der Waals surface area (Å²) in [7, 11) is 0. The second-order valence-corrected chi connectivity index (χ2v) is 3.97. The minimum Gasteiger partial charge on any atom is -0.369 e. The summed E-state index contributed by atoms with van der Waals surface area (Å²) in [6.45, 7) is 2.39. The number of nitrogens with zero attached hydrogens (tertiary/aromatic N) is 2. The van der Waals surface area contributed by atoms with E-state index in [1.165, 1.54) is 4.90 Å². The summed E-state index contributed by atoms with van der Waals surface area (Å²) in [5, 5.41) is 0. The first-order valence-electron chi connectivity index (χ1n) is 4.98. The lowest BCUT2D eigenvalue weighted by atomic mass is 10.2. The smallest absolute Gasteiger partial charge is 0.237 e. The van der Waals surface area contributed by atoms with E-state index >= 15 is 0 Å². The largest absolute Gasteiger partial charge is 0.369 e. The van der Waals surface area contributed by atoms with E-state index in [0.29, 0.717) is 6.54 Å². The predicted molar refractivity (Wildman–Crippen MR) is 56.0 cm³/mol. The van der Waals surface area contributed by atoms with Gasteiger partial charge in [-0.2, -0.15) is 0 Å². The first-order chi connectivity index (χ1) is 7.40. The van der Waals surface area contributed by atoms with Crippen molar-refractivity contribution < 1.29 is 14.4 Å². The lowest BCUT2D eigenvalue weighted by Gasteiger charge is -2.38. The molecule has 1 atom stereocenters. The summed E-state index contributed by atoms with van der Waals surface area (Å²) in [4.78, 5) is 36.2. The molecule has 7 nitrogen and oxygen atoms in total. The van der Waals surface area contributed by atoms with E-state index in [1.54, 1.807) is 11.8 Å². The molecule has 1 aliphatic rings. The molecule has 1 rings (SSSR count). The molecule has 90 valence electrons. The zero-order valence-corrected chi connectivity index (χ0v) is 9.18. The predicted octanol–water partition coefficient (Wildman–Crippen LogP) is -2.51. The molecule has 0 aromatic rings. The van der Waals surface area contributed by atoms with Crippen LogP contribution in [0.5, 0.6) is 0 Å². The minimum atomic E-state index is -0.538. The van der Waals surface area contributed by atoms with Crippen molar-refractivity contribution in [3.63, 3.8) is 0 Å². The van der Waals surface area contributed by atoms with E-state index < -0.39 is 11.8 Å². The van der Waals surface area contributed by atoms with Crippen LogP contribution in [0.2, 0.25) is 0 Å². The van der Waals surface area contributed by atoms with Crippen molar-refractivity contribution in [3.8, 4) is 0 Å². The molecule has 4 N–H and O–H groups in total. The van der Waals surface area contributed by atoms with Crippen molar-refractivity contribution >= 4 is 17.7 Å². The number of piperazine rings is 1. The van der Waals surface area contributed by atoms with E-state index in [4.69, 9.17) is 11.5 Å². The topological polar surface area (TPSA) is 110 Å². The van der Waals surface area contributed by atoms with Gasteiger partial charge in [-0.15, -0.1) is 0 Å². The van der Waals surface area contributed by atoms with E-state index in [-0.39, 0.29) is 31.6 Å². The second kappa shape index (κ2) is 4.93. The Morgan fingerprint density at radius 2 is 1.88 bits per heavy atom. The Bertz CT molecular complexity index is 318. The van der Waals surface area contributed by atoms with Crippen LogP contribution in [0.15, 0.2) is 0 Å². The maximum atomic E-state index is 11.7. The zero-order chi connectivity index (χ0) is 12.3. The molecule has 0 spiro atoms. The summed E-state index contributed by atoms with van der Waals surface area (Å²) in [6, 6.07) is -0.145. The SMILES string of the molecule is CC1CN(CC(N)=O)CC(=O)N1CC(N)=O. The highest BCUT2D eigenvalue weighted by atomic mass is 16.2. The maximum absolute atomic E-state index is 11.7. The Morgan fingerprint density at radius 1 is 1.31 bits per heavy atom. The molecule has 0 aliphatic carbocycles. The molecule has 16 heavy (non-hydrogen) atoms. The van der Waals surface area contributed by atoms with Crippen LogP contribution in [0.3, 0.4) is 0 Å². The molecule has 0 saturated carbocycles. The van der Waals surface area contributed by atoms with Crippen molar-refractivity contribution in [3.05, 3.63) is 0 Å². The van der Waals surface area contributed by atoms with E-state index in [9.17, 15) is 14.4 Å². The Labute approximate surface area is 93.3 Å². The van der Waals surface area contributed by atoms with Crippen molar-refractivity contribution in [1.29, 1.82) is 0 Å². The Kier molecular flexibility index (Phi) is 3.83. The van der Waals surface area contributed by atoms with Crippen molar-refractivity contribution in [2.75, 3.05) is 26.2 Å². The molecule has 1 fully saturated rings. The van der Waals surface area contributed by atoms with E-state index in [1.807, 2.05) is 0 Å². The highest BCUT2D eigenvalue weighted by Crippen LogP contribution is 2.09. The minimum absolute atomic E-state index is 0.0560. The maximum Gasteiger partial charge on any atom is 0.237 e. The number of amides is 3. The van der Waals surface area contributed by atoms with Gasteiger partial charge < -0.3 is 16.4 Å². The summed E-state index contributed by atoms with van der Waals surface area (Å²) in [5.41, 5.74) is 10.1. The van der Waals surface area contributed by atoms with Gasteiger partial charge in [-0.1, -0.05) is 0 Å². The van der Waals surface area contributed by atoms with Crippen LogP contribution >= 0.6 is 0 Å². The third-order valence-corrected chi connectivity index (χ3v) is 2.44. The second-order valence-electron chi connectivity index (χ2n) is 3.97. The van der Waals surface area contributed by atoms with Crippen LogP contribution in [-0.4, -0.2) is 59.7 Å². The lowest BCUT2D eigenvalue weighted by molar-refractivity contribution is -0.143. The summed E-state index contributed by atoms with van der Waals surface area (Å²) >= 11 is 0. The number of nitrogens with two attached hydrogens (primary N) is 2. The van der Waals surface area contributed by atoms with Gasteiger partial charge in [0, 0.05) is 12.6 Å². The summed E-state index contributed by atoms with van der Waals surface area (Å²) in [5.74, 6) is -1.22. The number of primary amides is 2. The fraction of sp³-hybridized carbons (Fsp3) is 0.667. The van der Waals surface area contributed by atoms with Crippen LogP contribution in [0.25, 0.3) is 0 Å². The highest BCUT2D eigenvalue weighted by molar-refractivity contribution is 5.86. The van der Waals surface area contributed by atoms with Gasteiger partial charge >= 0.3 is 0 Å². The lowest BCUT2D eigenvalue weighted by Crippen LogP contribution is -2.58. The number of rotatable bonds is 4. The number of carbonyl (C=O) groups excluding carboxylic acids is 3. The highest BCUT2D eigenvalue weighted by Gasteiger charge is 2.30. The van der Waals surface area contributed by atoms with Crippen molar-refractivity contribution in [2.24, 2.45) is 11.5 Å². The Hall–Kier alpha value is -1.63. The van der Waals surface area contributed by atoms with Gasteiger partial charge in [0.25, 0.3) is 0 Å². The molecule has 0 bridgehead atoms. The third-order valence-electron chi connectivity index (χ3n) is 2.44. The van der Waals surface area contributed by atoms with E-state index in [2.05, 4.69) is 0 Å².